The molecule has 1 aliphatic rings. The van der Waals surface area contributed by atoms with Gasteiger partial charge in [-0.25, -0.2) is 9.59 Å². The van der Waals surface area contributed by atoms with Crippen molar-refractivity contribution in [1.29, 1.82) is 0 Å². The molecular weight excluding hydrogens is 378 g/mol. The number of carbonyl (C=O) groups excluding carboxylic acids is 2. The van der Waals surface area contributed by atoms with Gasteiger partial charge in [-0.3, -0.25) is 4.90 Å². The van der Waals surface area contributed by atoms with Crippen molar-refractivity contribution in [2.24, 2.45) is 0 Å². The van der Waals surface area contributed by atoms with Gasteiger partial charge in [0.25, 0.3) is 0 Å². The van der Waals surface area contributed by atoms with Gasteiger partial charge in [0, 0.05) is 0 Å². The first kappa shape index (κ1) is 19.5. The molecule has 0 unspecified atom stereocenters. The number of benzene rings is 3. The van der Waals surface area contributed by atoms with Gasteiger partial charge in [-0.15, -0.1) is 0 Å². The van der Waals surface area contributed by atoms with Crippen LogP contribution in [0.1, 0.15) is 28.8 Å². The van der Waals surface area contributed by atoms with Crippen LogP contribution >= 0.6 is 0 Å². The molecule has 5 heteroatoms. The largest absolute Gasteiger partial charge is 0.450 e. The molecule has 0 bridgehead atoms. The lowest BCUT2D eigenvalue weighted by molar-refractivity contribution is -0.157. The molecule has 1 aliphatic heterocycles. The third-order valence-electron chi connectivity index (χ3n) is 5.00. The zero-order valence-electron chi connectivity index (χ0n) is 16.3. The van der Waals surface area contributed by atoms with E-state index in [0.717, 1.165) is 16.7 Å². The van der Waals surface area contributed by atoms with E-state index in [1.807, 2.05) is 91.0 Å². The molecule has 150 valence electrons. The number of rotatable bonds is 4. The maximum Gasteiger partial charge on any atom is 0.415 e. The number of hydrogen-bond donors (Lipinski definition) is 0. The summed E-state index contributed by atoms with van der Waals surface area (Å²) >= 11 is 0. The highest BCUT2D eigenvalue weighted by Gasteiger charge is 2.44. The number of amides is 1. The zero-order valence-corrected chi connectivity index (χ0v) is 16.3. The van der Waals surface area contributed by atoms with Gasteiger partial charge in [-0.05, 0) is 16.7 Å². The summed E-state index contributed by atoms with van der Waals surface area (Å²) in [6, 6.07) is 27.6. The van der Waals surface area contributed by atoms with Crippen molar-refractivity contribution in [3.63, 3.8) is 0 Å². The van der Waals surface area contributed by atoms with Crippen molar-refractivity contribution in [2.75, 3.05) is 0 Å². The van der Waals surface area contributed by atoms with E-state index in [2.05, 4.69) is 6.58 Å². The molecule has 3 aromatic carbocycles. The molecule has 0 aromatic heterocycles. The van der Waals surface area contributed by atoms with Gasteiger partial charge in [0.2, 0.25) is 0 Å². The van der Waals surface area contributed by atoms with Crippen LogP contribution in [-0.4, -0.2) is 17.0 Å². The lowest BCUT2D eigenvalue weighted by atomic mass is 9.92. The monoisotopic (exact) mass is 399 g/mol. The lowest BCUT2D eigenvalue weighted by Gasteiger charge is -2.40. The van der Waals surface area contributed by atoms with E-state index in [4.69, 9.17) is 9.47 Å². The SMILES string of the molecule is C=C1C(=O)O[C@H](c2ccccc2)[C@H](c2ccccc2)N1C(=O)OCc1ccccc1. The molecule has 0 spiro atoms. The minimum Gasteiger partial charge on any atom is -0.450 e. The number of morpholine rings is 1. The summed E-state index contributed by atoms with van der Waals surface area (Å²) < 4.78 is 11.2. The lowest BCUT2D eigenvalue weighted by Crippen LogP contribution is -2.45. The molecular formula is C25H21NO4. The number of ether oxygens (including phenoxy) is 2. The minimum atomic E-state index is -0.684. The smallest absolute Gasteiger partial charge is 0.415 e. The van der Waals surface area contributed by atoms with Crippen LogP contribution in [-0.2, 0) is 20.9 Å². The Bertz CT molecular complexity index is 1030. The zero-order chi connectivity index (χ0) is 20.9. The maximum atomic E-state index is 13.1. The molecule has 0 radical (unpaired) electrons. The number of nitrogens with zero attached hydrogens (tertiary/aromatic N) is 1. The predicted octanol–water partition coefficient (Wildman–Crippen LogP) is 5.18. The van der Waals surface area contributed by atoms with E-state index in [-0.39, 0.29) is 12.3 Å². The van der Waals surface area contributed by atoms with Crippen molar-refractivity contribution in [3.05, 3.63) is 120 Å². The van der Waals surface area contributed by atoms with Crippen molar-refractivity contribution in [2.45, 2.75) is 18.8 Å². The topological polar surface area (TPSA) is 55.8 Å². The van der Waals surface area contributed by atoms with E-state index in [1.54, 1.807) is 0 Å². The molecule has 1 heterocycles. The number of esters is 1. The summed E-state index contributed by atoms with van der Waals surface area (Å²) in [5.74, 6) is -0.646. The number of carbonyl (C=O) groups is 2. The minimum absolute atomic E-state index is 0.0471. The Hall–Kier alpha value is -3.86. The van der Waals surface area contributed by atoms with Crippen LogP contribution in [0.15, 0.2) is 103 Å². The predicted molar refractivity (Wildman–Crippen MR) is 112 cm³/mol. The van der Waals surface area contributed by atoms with Gasteiger partial charge in [0.05, 0.1) is 0 Å². The van der Waals surface area contributed by atoms with Crippen molar-refractivity contribution < 1.29 is 19.1 Å². The Labute approximate surface area is 175 Å². The second-order valence-electron chi connectivity index (χ2n) is 6.95. The first-order chi connectivity index (χ1) is 14.6. The Morgan fingerprint density at radius 2 is 1.40 bits per heavy atom. The van der Waals surface area contributed by atoms with Crippen LogP contribution in [0.3, 0.4) is 0 Å². The Kier molecular flexibility index (Phi) is 5.61. The summed E-state index contributed by atoms with van der Waals surface area (Å²) in [6.45, 7) is 3.90. The summed E-state index contributed by atoms with van der Waals surface area (Å²) in [6.07, 6.45) is -1.33. The molecule has 1 saturated heterocycles. The average molecular weight is 399 g/mol. The quantitative estimate of drug-likeness (QED) is 0.448. The third kappa shape index (κ3) is 3.96. The fourth-order valence-corrected chi connectivity index (χ4v) is 3.53. The van der Waals surface area contributed by atoms with Gasteiger partial charge in [-0.1, -0.05) is 97.6 Å². The normalized spacial score (nSPS) is 18.6. The summed E-state index contributed by atoms with van der Waals surface area (Å²) in [4.78, 5) is 27.0. The molecule has 1 amide bonds. The Morgan fingerprint density at radius 1 is 0.867 bits per heavy atom. The Morgan fingerprint density at radius 3 is 2.00 bits per heavy atom. The standard InChI is InChI=1S/C25H21NO4/c1-18-24(27)30-23(21-15-9-4-10-16-21)22(20-13-7-3-8-14-20)26(18)25(28)29-17-19-11-5-2-6-12-19/h2-16,22-23H,1,17H2/t22-,23+/m0/s1. The van der Waals surface area contributed by atoms with E-state index in [9.17, 15) is 9.59 Å². The molecule has 0 aliphatic carbocycles. The van der Waals surface area contributed by atoms with Crippen LogP contribution in [0.25, 0.3) is 0 Å². The van der Waals surface area contributed by atoms with E-state index in [0.29, 0.717) is 0 Å². The molecule has 5 nitrogen and oxygen atoms in total. The number of cyclic esters (lactones) is 1. The van der Waals surface area contributed by atoms with Crippen LogP contribution < -0.4 is 0 Å². The van der Waals surface area contributed by atoms with E-state index in [1.165, 1.54) is 4.90 Å². The van der Waals surface area contributed by atoms with Gasteiger partial charge >= 0.3 is 12.1 Å². The maximum absolute atomic E-state index is 13.1. The number of hydrogen-bond acceptors (Lipinski definition) is 4. The van der Waals surface area contributed by atoms with Crippen molar-refractivity contribution in [3.8, 4) is 0 Å². The van der Waals surface area contributed by atoms with Gasteiger partial charge in [0.15, 0.2) is 6.10 Å². The van der Waals surface area contributed by atoms with Crippen molar-refractivity contribution in [1.82, 2.24) is 4.90 Å². The molecule has 0 N–H and O–H groups in total. The first-order valence-corrected chi connectivity index (χ1v) is 9.65. The van der Waals surface area contributed by atoms with Crippen LogP contribution in [0.5, 0.6) is 0 Å². The fourth-order valence-electron chi connectivity index (χ4n) is 3.53. The van der Waals surface area contributed by atoms with E-state index < -0.39 is 24.2 Å². The summed E-state index contributed by atoms with van der Waals surface area (Å²) in [5, 5.41) is 0. The van der Waals surface area contributed by atoms with Crippen LogP contribution in [0.2, 0.25) is 0 Å². The third-order valence-corrected chi connectivity index (χ3v) is 5.00. The fraction of sp³-hybridized carbons (Fsp3) is 0.120. The highest BCUT2D eigenvalue weighted by atomic mass is 16.6. The first-order valence-electron chi connectivity index (χ1n) is 9.65. The molecule has 0 saturated carbocycles. The summed E-state index contributed by atoms with van der Waals surface area (Å²) in [5.41, 5.74) is 2.41. The van der Waals surface area contributed by atoms with Crippen LogP contribution in [0, 0.1) is 0 Å². The van der Waals surface area contributed by atoms with E-state index >= 15 is 0 Å². The molecule has 4 rings (SSSR count). The van der Waals surface area contributed by atoms with Gasteiger partial charge in [0.1, 0.15) is 18.3 Å². The summed E-state index contributed by atoms with van der Waals surface area (Å²) in [7, 11) is 0. The second kappa shape index (κ2) is 8.66. The average Bonchev–Trinajstić information content (AvgIpc) is 2.80. The molecule has 30 heavy (non-hydrogen) atoms. The molecule has 1 fully saturated rings. The highest BCUT2D eigenvalue weighted by Crippen LogP contribution is 2.43. The van der Waals surface area contributed by atoms with Crippen molar-refractivity contribution >= 4 is 12.1 Å². The molecule has 3 aromatic rings. The van der Waals surface area contributed by atoms with Gasteiger partial charge in [-0.2, -0.15) is 0 Å². The Balaban J connectivity index is 1.70. The second-order valence-corrected chi connectivity index (χ2v) is 6.95. The van der Waals surface area contributed by atoms with Gasteiger partial charge < -0.3 is 9.47 Å². The molecule has 2 atom stereocenters. The highest BCUT2D eigenvalue weighted by molar-refractivity contribution is 5.93. The van der Waals surface area contributed by atoms with Crippen LogP contribution in [0.4, 0.5) is 4.79 Å².